The normalized spacial score (nSPS) is 26.2. The molecule has 2 aromatic rings. The Balaban J connectivity index is 1.73. The van der Waals surface area contributed by atoms with Crippen LogP contribution >= 0.6 is 0 Å². The fourth-order valence-corrected chi connectivity index (χ4v) is 3.38. The van der Waals surface area contributed by atoms with Gasteiger partial charge in [-0.1, -0.05) is 75.4 Å². The molecule has 0 nitrogen and oxygen atoms in total. The van der Waals surface area contributed by atoms with Crippen LogP contribution < -0.4 is 0 Å². The Labute approximate surface area is 122 Å². The zero-order valence-electron chi connectivity index (χ0n) is 12.8. The zero-order valence-corrected chi connectivity index (χ0v) is 12.8. The number of hydrogen-bond acceptors (Lipinski definition) is 0. The summed E-state index contributed by atoms with van der Waals surface area (Å²) < 4.78 is 0. The summed E-state index contributed by atoms with van der Waals surface area (Å²) in [5.74, 6) is 1.57. The molecule has 0 heterocycles. The fraction of sp³-hybridized carbons (Fsp3) is 0.400. The SMILES string of the molecule is CC(CC1(C)CC1C)c1ccc(-c2ccccc2)cc1. The molecule has 1 aliphatic carbocycles. The van der Waals surface area contributed by atoms with Crippen molar-refractivity contribution >= 4 is 0 Å². The van der Waals surface area contributed by atoms with E-state index in [4.69, 9.17) is 0 Å². The van der Waals surface area contributed by atoms with Gasteiger partial charge in [0.2, 0.25) is 0 Å². The molecule has 0 bridgehead atoms. The van der Waals surface area contributed by atoms with E-state index in [-0.39, 0.29) is 0 Å². The van der Waals surface area contributed by atoms with Crippen molar-refractivity contribution in [3.63, 3.8) is 0 Å². The first-order valence-electron chi connectivity index (χ1n) is 7.74. The molecular formula is C20H24. The van der Waals surface area contributed by atoms with E-state index in [9.17, 15) is 0 Å². The molecule has 104 valence electrons. The monoisotopic (exact) mass is 264 g/mol. The van der Waals surface area contributed by atoms with Crippen molar-refractivity contribution in [3.05, 3.63) is 60.2 Å². The Morgan fingerprint density at radius 2 is 1.55 bits per heavy atom. The average molecular weight is 264 g/mol. The number of rotatable bonds is 4. The van der Waals surface area contributed by atoms with E-state index < -0.39 is 0 Å². The van der Waals surface area contributed by atoms with Crippen molar-refractivity contribution in [2.24, 2.45) is 11.3 Å². The number of hydrogen-bond donors (Lipinski definition) is 0. The molecular weight excluding hydrogens is 240 g/mol. The molecule has 0 N–H and O–H groups in total. The standard InChI is InChI=1S/C20H24/c1-15(13-20(3)14-16(20)2)17-9-11-19(12-10-17)18-7-5-4-6-8-18/h4-12,15-16H,13-14H2,1-3H3. The third kappa shape index (κ3) is 2.65. The summed E-state index contributed by atoms with van der Waals surface area (Å²) in [6.07, 6.45) is 2.72. The van der Waals surface area contributed by atoms with Crippen LogP contribution in [0.3, 0.4) is 0 Å². The van der Waals surface area contributed by atoms with Gasteiger partial charge in [-0.3, -0.25) is 0 Å². The van der Waals surface area contributed by atoms with Gasteiger partial charge in [-0.15, -0.1) is 0 Å². The van der Waals surface area contributed by atoms with Crippen molar-refractivity contribution in [1.82, 2.24) is 0 Å². The largest absolute Gasteiger partial charge is 0.0622 e. The molecule has 3 rings (SSSR count). The first kappa shape index (κ1) is 13.4. The Kier molecular flexibility index (Phi) is 3.41. The van der Waals surface area contributed by atoms with E-state index in [2.05, 4.69) is 75.4 Å². The summed E-state index contributed by atoms with van der Waals surface area (Å²) in [4.78, 5) is 0. The Hall–Kier alpha value is -1.56. The van der Waals surface area contributed by atoms with Crippen LogP contribution in [0.2, 0.25) is 0 Å². The second kappa shape index (κ2) is 5.09. The van der Waals surface area contributed by atoms with Gasteiger partial charge in [-0.2, -0.15) is 0 Å². The Morgan fingerprint density at radius 1 is 1.00 bits per heavy atom. The van der Waals surface area contributed by atoms with Gasteiger partial charge in [-0.25, -0.2) is 0 Å². The lowest BCUT2D eigenvalue weighted by Crippen LogP contribution is -2.04. The van der Waals surface area contributed by atoms with Crippen LogP contribution in [0.5, 0.6) is 0 Å². The molecule has 1 saturated carbocycles. The Morgan fingerprint density at radius 3 is 2.10 bits per heavy atom. The summed E-state index contributed by atoms with van der Waals surface area (Å²) in [7, 11) is 0. The van der Waals surface area contributed by atoms with Gasteiger partial charge >= 0.3 is 0 Å². The summed E-state index contributed by atoms with van der Waals surface area (Å²) in [6.45, 7) is 7.19. The highest BCUT2D eigenvalue weighted by Gasteiger charge is 2.46. The van der Waals surface area contributed by atoms with Gasteiger partial charge in [-0.05, 0) is 46.8 Å². The Bertz CT molecular complexity index is 567. The molecule has 0 spiro atoms. The van der Waals surface area contributed by atoms with E-state index in [1.165, 1.54) is 29.5 Å². The molecule has 0 saturated heterocycles. The highest BCUT2D eigenvalue weighted by atomic mass is 14.5. The molecule has 3 unspecified atom stereocenters. The molecule has 0 aliphatic heterocycles. The van der Waals surface area contributed by atoms with Crippen LogP contribution in [0, 0.1) is 11.3 Å². The van der Waals surface area contributed by atoms with Gasteiger partial charge in [0.1, 0.15) is 0 Å². The highest BCUT2D eigenvalue weighted by molar-refractivity contribution is 5.63. The summed E-state index contributed by atoms with van der Waals surface area (Å²) >= 11 is 0. The first-order valence-corrected chi connectivity index (χ1v) is 7.74. The minimum Gasteiger partial charge on any atom is -0.0622 e. The van der Waals surface area contributed by atoms with Crippen molar-refractivity contribution < 1.29 is 0 Å². The van der Waals surface area contributed by atoms with Gasteiger partial charge in [0.25, 0.3) is 0 Å². The number of benzene rings is 2. The quantitative estimate of drug-likeness (QED) is 0.645. The molecule has 0 aromatic heterocycles. The third-order valence-electron chi connectivity index (χ3n) is 5.16. The van der Waals surface area contributed by atoms with Crippen LogP contribution in [0.4, 0.5) is 0 Å². The second-order valence-corrected chi connectivity index (χ2v) is 6.85. The van der Waals surface area contributed by atoms with Crippen LogP contribution in [0.25, 0.3) is 11.1 Å². The van der Waals surface area contributed by atoms with Gasteiger partial charge in [0.05, 0.1) is 0 Å². The molecule has 0 heteroatoms. The van der Waals surface area contributed by atoms with Crippen molar-refractivity contribution in [2.75, 3.05) is 0 Å². The van der Waals surface area contributed by atoms with Crippen LogP contribution in [0.1, 0.15) is 45.1 Å². The van der Waals surface area contributed by atoms with E-state index in [1.54, 1.807) is 0 Å². The predicted molar refractivity (Wildman–Crippen MR) is 86.8 cm³/mol. The summed E-state index contributed by atoms with van der Waals surface area (Å²) in [5, 5.41) is 0. The summed E-state index contributed by atoms with van der Waals surface area (Å²) in [5.41, 5.74) is 4.68. The molecule has 1 aliphatic rings. The van der Waals surface area contributed by atoms with E-state index in [0.717, 1.165) is 5.92 Å². The van der Waals surface area contributed by atoms with Gasteiger partial charge in [0, 0.05) is 0 Å². The van der Waals surface area contributed by atoms with Crippen LogP contribution in [0.15, 0.2) is 54.6 Å². The first-order chi connectivity index (χ1) is 9.58. The van der Waals surface area contributed by atoms with Gasteiger partial charge in [0.15, 0.2) is 0 Å². The third-order valence-corrected chi connectivity index (χ3v) is 5.16. The van der Waals surface area contributed by atoms with Crippen LogP contribution in [-0.4, -0.2) is 0 Å². The van der Waals surface area contributed by atoms with Crippen molar-refractivity contribution in [2.45, 2.75) is 39.5 Å². The summed E-state index contributed by atoms with van der Waals surface area (Å²) in [6, 6.07) is 19.8. The predicted octanol–water partition coefficient (Wildman–Crippen LogP) is 5.89. The van der Waals surface area contributed by atoms with Crippen LogP contribution in [-0.2, 0) is 0 Å². The molecule has 1 fully saturated rings. The van der Waals surface area contributed by atoms with E-state index in [0.29, 0.717) is 11.3 Å². The maximum Gasteiger partial charge on any atom is -0.0184 e. The smallest absolute Gasteiger partial charge is 0.0184 e. The lowest BCUT2D eigenvalue weighted by Gasteiger charge is -2.18. The molecule has 0 amide bonds. The second-order valence-electron chi connectivity index (χ2n) is 6.85. The minimum absolute atomic E-state index is 0.595. The molecule has 3 atom stereocenters. The lowest BCUT2D eigenvalue weighted by molar-refractivity contribution is 0.434. The zero-order chi connectivity index (χ0) is 14.2. The topological polar surface area (TPSA) is 0 Å². The highest BCUT2D eigenvalue weighted by Crippen LogP contribution is 2.57. The fourth-order valence-electron chi connectivity index (χ4n) is 3.38. The van der Waals surface area contributed by atoms with Crippen molar-refractivity contribution in [3.8, 4) is 11.1 Å². The van der Waals surface area contributed by atoms with E-state index in [1.807, 2.05) is 0 Å². The minimum atomic E-state index is 0.595. The molecule has 0 radical (unpaired) electrons. The molecule has 20 heavy (non-hydrogen) atoms. The van der Waals surface area contributed by atoms with Gasteiger partial charge < -0.3 is 0 Å². The van der Waals surface area contributed by atoms with Crippen molar-refractivity contribution in [1.29, 1.82) is 0 Å². The lowest BCUT2D eigenvalue weighted by atomic mass is 9.87. The molecule has 2 aromatic carbocycles. The van der Waals surface area contributed by atoms with E-state index >= 15 is 0 Å². The maximum absolute atomic E-state index is 2.44. The maximum atomic E-state index is 2.44. The average Bonchev–Trinajstić information content (AvgIpc) is 3.06.